The number of sulfonamides is 1. The molecule has 20 heavy (non-hydrogen) atoms. The molecule has 116 valence electrons. The van der Waals surface area contributed by atoms with Gasteiger partial charge in [-0.15, -0.1) is 23.7 Å². The van der Waals surface area contributed by atoms with Crippen molar-refractivity contribution in [3.63, 3.8) is 0 Å². The molecule has 1 aliphatic heterocycles. The maximum Gasteiger partial charge on any atom is 0.254 e. The second kappa shape index (κ2) is 6.70. The van der Waals surface area contributed by atoms with Gasteiger partial charge in [-0.05, 0) is 39.5 Å². The Morgan fingerprint density at radius 3 is 2.30 bits per heavy atom. The highest BCUT2D eigenvalue weighted by Crippen LogP contribution is 2.29. The van der Waals surface area contributed by atoms with Crippen LogP contribution < -0.4 is 5.73 Å². The number of thiazole rings is 1. The minimum Gasteiger partial charge on any atom is -0.328 e. The van der Waals surface area contributed by atoms with Gasteiger partial charge in [0.25, 0.3) is 10.0 Å². The van der Waals surface area contributed by atoms with Crippen LogP contribution in [0.5, 0.6) is 0 Å². The predicted octanol–water partition coefficient (Wildman–Crippen LogP) is 1.93. The monoisotopic (exact) mass is 339 g/mol. The first-order valence-electron chi connectivity index (χ1n) is 6.52. The van der Waals surface area contributed by atoms with Crippen molar-refractivity contribution in [3.8, 4) is 0 Å². The molecule has 1 aliphatic rings. The van der Waals surface area contributed by atoms with Crippen LogP contribution in [0.15, 0.2) is 4.21 Å². The summed E-state index contributed by atoms with van der Waals surface area (Å²) in [5, 5.41) is 0.793. The Balaban J connectivity index is 0.00000200. The fourth-order valence-electron chi connectivity index (χ4n) is 2.51. The Labute approximate surface area is 131 Å². The van der Waals surface area contributed by atoms with E-state index < -0.39 is 10.0 Å². The van der Waals surface area contributed by atoms with Crippen LogP contribution in [0.1, 0.15) is 30.5 Å². The van der Waals surface area contributed by atoms with Crippen LogP contribution in [0.4, 0.5) is 0 Å². The SMILES string of the molecule is Cc1nc(C)c(S(=O)(=O)N2CCC(C(C)N)CC2)s1.Cl. The Morgan fingerprint density at radius 2 is 1.90 bits per heavy atom. The molecule has 0 aromatic carbocycles. The summed E-state index contributed by atoms with van der Waals surface area (Å²) in [5.41, 5.74) is 6.49. The van der Waals surface area contributed by atoms with E-state index in [0.29, 0.717) is 28.9 Å². The highest BCUT2D eigenvalue weighted by atomic mass is 35.5. The quantitative estimate of drug-likeness (QED) is 0.912. The highest BCUT2D eigenvalue weighted by Gasteiger charge is 2.32. The van der Waals surface area contributed by atoms with Gasteiger partial charge in [0.15, 0.2) is 4.21 Å². The average molecular weight is 340 g/mol. The Hall–Kier alpha value is -0.210. The zero-order valence-corrected chi connectivity index (χ0v) is 14.4. The van der Waals surface area contributed by atoms with Gasteiger partial charge in [-0.25, -0.2) is 13.4 Å². The van der Waals surface area contributed by atoms with Crippen molar-refractivity contribution >= 4 is 33.8 Å². The molecule has 8 heteroatoms. The molecule has 1 unspecified atom stereocenters. The van der Waals surface area contributed by atoms with Crippen LogP contribution in [0.25, 0.3) is 0 Å². The molecule has 1 saturated heterocycles. The van der Waals surface area contributed by atoms with Crippen LogP contribution in [-0.2, 0) is 10.0 Å². The molecule has 5 nitrogen and oxygen atoms in total. The van der Waals surface area contributed by atoms with Gasteiger partial charge in [-0.1, -0.05) is 0 Å². The minimum atomic E-state index is -3.37. The minimum absolute atomic E-state index is 0. The Morgan fingerprint density at radius 1 is 1.35 bits per heavy atom. The number of piperidine rings is 1. The van der Waals surface area contributed by atoms with Crippen molar-refractivity contribution < 1.29 is 8.42 Å². The van der Waals surface area contributed by atoms with Crippen LogP contribution in [0, 0.1) is 19.8 Å². The van der Waals surface area contributed by atoms with E-state index in [1.165, 1.54) is 11.3 Å². The fraction of sp³-hybridized carbons (Fsp3) is 0.750. The molecule has 2 heterocycles. The van der Waals surface area contributed by atoms with Crippen molar-refractivity contribution in [3.05, 3.63) is 10.7 Å². The van der Waals surface area contributed by atoms with Gasteiger partial charge in [0.1, 0.15) is 0 Å². The predicted molar refractivity (Wildman–Crippen MR) is 84.0 cm³/mol. The molecule has 1 fully saturated rings. The molecule has 0 radical (unpaired) electrons. The van der Waals surface area contributed by atoms with Crippen molar-refractivity contribution in [2.24, 2.45) is 11.7 Å². The highest BCUT2D eigenvalue weighted by molar-refractivity contribution is 7.91. The number of nitrogens with zero attached hydrogens (tertiary/aromatic N) is 2. The number of rotatable bonds is 3. The third-order valence-electron chi connectivity index (χ3n) is 3.68. The molecular formula is C12H22ClN3O2S2. The van der Waals surface area contributed by atoms with Gasteiger partial charge in [0, 0.05) is 19.1 Å². The molecule has 0 spiro atoms. The lowest BCUT2D eigenvalue weighted by Gasteiger charge is -2.32. The second-order valence-electron chi connectivity index (χ2n) is 5.21. The summed E-state index contributed by atoms with van der Waals surface area (Å²) in [4.78, 5) is 4.21. The molecule has 0 saturated carbocycles. The van der Waals surface area contributed by atoms with Gasteiger partial charge in [0.2, 0.25) is 0 Å². The van der Waals surface area contributed by atoms with E-state index in [9.17, 15) is 8.42 Å². The lowest BCUT2D eigenvalue weighted by atomic mass is 9.92. The van der Waals surface area contributed by atoms with E-state index in [0.717, 1.165) is 17.8 Å². The molecule has 0 bridgehead atoms. The first kappa shape index (κ1) is 17.8. The van der Waals surface area contributed by atoms with E-state index in [-0.39, 0.29) is 18.4 Å². The van der Waals surface area contributed by atoms with Gasteiger partial charge in [-0.2, -0.15) is 4.31 Å². The third-order valence-corrected chi connectivity index (χ3v) is 7.24. The van der Waals surface area contributed by atoms with Crippen LogP contribution >= 0.6 is 23.7 Å². The van der Waals surface area contributed by atoms with E-state index in [4.69, 9.17) is 5.73 Å². The van der Waals surface area contributed by atoms with Gasteiger partial charge >= 0.3 is 0 Å². The molecule has 2 N–H and O–H groups in total. The molecule has 1 atom stereocenters. The summed E-state index contributed by atoms with van der Waals surface area (Å²) in [5.74, 6) is 0.427. The number of nitrogens with two attached hydrogens (primary N) is 1. The first-order valence-corrected chi connectivity index (χ1v) is 8.78. The molecule has 1 aromatic heterocycles. The number of aromatic nitrogens is 1. The fourth-order valence-corrected chi connectivity index (χ4v) is 5.60. The van der Waals surface area contributed by atoms with Gasteiger partial charge in [0.05, 0.1) is 10.7 Å². The van der Waals surface area contributed by atoms with Crippen molar-refractivity contribution in [1.82, 2.24) is 9.29 Å². The third kappa shape index (κ3) is 3.51. The Kier molecular flexibility index (Phi) is 5.98. The second-order valence-corrected chi connectivity index (χ2v) is 8.54. The summed E-state index contributed by atoms with van der Waals surface area (Å²) in [6.07, 6.45) is 1.68. The van der Waals surface area contributed by atoms with Crippen molar-refractivity contribution in [1.29, 1.82) is 0 Å². The van der Waals surface area contributed by atoms with E-state index in [1.54, 1.807) is 11.2 Å². The first-order chi connectivity index (χ1) is 8.82. The number of hydrogen-bond donors (Lipinski definition) is 1. The zero-order valence-electron chi connectivity index (χ0n) is 12.0. The summed E-state index contributed by atoms with van der Waals surface area (Å²) < 4.78 is 27.1. The summed E-state index contributed by atoms with van der Waals surface area (Å²) in [6.45, 7) is 6.70. The van der Waals surface area contributed by atoms with Crippen molar-refractivity contribution in [2.75, 3.05) is 13.1 Å². The topological polar surface area (TPSA) is 76.3 Å². The summed E-state index contributed by atoms with van der Waals surface area (Å²) in [6, 6.07) is 0.136. The largest absolute Gasteiger partial charge is 0.328 e. The maximum absolute atomic E-state index is 12.6. The molecule has 2 rings (SSSR count). The smallest absolute Gasteiger partial charge is 0.254 e. The van der Waals surface area contributed by atoms with Gasteiger partial charge < -0.3 is 5.73 Å². The van der Waals surface area contributed by atoms with Crippen LogP contribution in [0.2, 0.25) is 0 Å². The van der Waals surface area contributed by atoms with E-state index >= 15 is 0 Å². The Bertz CT molecular complexity index is 549. The van der Waals surface area contributed by atoms with Crippen LogP contribution in [-0.4, -0.2) is 36.8 Å². The van der Waals surface area contributed by atoms with Crippen LogP contribution in [0.3, 0.4) is 0 Å². The van der Waals surface area contributed by atoms with E-state index in [2.05, 4.69) is 4.98 Å². The van der Waals surface area contributed by atoms with E-state index in [1.807, 2.05) is 13.8 Å². The standard InChI is InChI=1S/C12H21N3O2S2.ClH/c1-8(13)11-4-6-15(7-5-11)19(16,17)12-9(2)14-10(3)18-12;/h8,11H,4-7,13H2,1-3H3;1H. The maximum atomic E-state index is 12.6. The number of aryl methyl sites for hydroxylation is 2. The zero-order chi connectivity index (χ0) is 14.2. The number of hydrogen-bond acceptors (Lipinski definition) is 5. The molecular weight excluding hydrogens is 318 g/mol. The normalized spacial score (nSPS) is 19.6. The van der Waals surface area contributed by atoms with Crippen molar-refractivity contribution in [2.45, 2.75) is 43.9 Å². The lowest BCUT2D eigenvalue weighted by molar-refractivity contribution is 0.251. The average Bonchev–Trinajstić information content (AvgIpc) is 2.69. The molecule has 0 amide bonds. The van der Waals surface area contributed by atoms with Gasteiger partial charge in [-0.3, -0.25) is 0 Å². The molecule has 1 aromatic rings. The summed E-state index contributed by atoms with van der Waals surface area (Å²) in [7, 11) is -3.37. The summed E-state index contributed by atoms with van der Waals surface area (Å²) >= 11 is 1.26. The number of halogens is 1. The lowest BCUT2D eigenvalue weighted by Crippen LogP contribution is -2.42. The molecule has 0 aliphatic carbocycles.